The quantitative estimate of drug-likeness (QED) is 0.0858. The van der Waals surface area contributed by atoms with Crippen molar-refractivity contribution in [3.8, 4) is 0 Å². The molecular formula is C31H66N+. The highest BCUT2D eigenvalue weighted by Gasteiger charge is 2.13. The van der Waals surface area contributed by atoms with Crippen molar-refractivity contribution in [3.63, 3.8) is 0 Å². The molecule has 0 radical (unpaired) electrons. The van der Waals surface area contributed by atoms with Gasteiger partial charge in [-0.3, -0.25) is 0 Å². The zero-order valence-corrected chi connectivity index (χ0v) is 23.5. The Balaban J connectivity index is 3.27. The van der Waals surface area contributed by atoms with E-state index in [1.165, 1.54) is 178 Å². The fourth-order valence-electron chi connectivity index (χ4n) is 5.05. The van der Waals surface area contributed by atoms with Crippen molar-refractivity contribution in [1.82, 2.24) is 0 Å². The number of hydrogen-bond acceptors (Lipinski definition) is 0. The van der Waals surface area contributed by atoms with Crippen LogP contribution in [0.1, 0.15) is 174 Å². The molecule has 0 fully saturated rings. The van der Waals surface area contributed by atoms with Crippen LogP contribution in [0.3, 0.4) is 0 Å². The van der Waals surface area contributed by atoms with Gasteiger partial charge in [0.15, 0.2) is 0 Å². The van der Waals surface area contributed by atoms with Crippen LogP contribution in [0.2, 0.25) is 0 Å². The van der Waals surface area contributed by atoms with Gasteiger partial charge >= 0.3 is 0 Å². The van der Waals surface area contributed by atoms with E-state index in [-0.39, 0.29) is 0 Å². The minimum absolute atomic E-state index is 1.25. The summed E-state index contributed by atoms with van der Waals surface area (Å²) >= 11 is 0. The summed E-state index contributed by atoms with van der Waals surface area (Å²) in [6.45, 7) is 7.38. The van der Waals surface area contributed by atoms with Gasteiger partial charge in [0.1, 0.15) is 0 Å². The molecule has 1 heteroatoms. The average Bonchev–Trinajstić information content (AvgIpc) is 2.77. The summed E-state index contributed by atoms with van der Waals surface area (Å²) in [6.07, 6.45) is 36.5. The standard InChI is InChI=1S/C31H66N/c1-5-7-9-11-13-15-17-18-19-20-21-23-25-27-29-31-32(3,4)30-28-26-24-22-16-14-12-10-8-6-2/h5-31H2,1-4H3/q+1. The lowest BCUT2D eigenvalue weighted by Crippen LogP contribution is -2.41. The molecule has 0 spiro atoms. The topological polar surface area (TPSA) is 0 Å². The highest BCUT2D eigenvalue weighted by atomic mass is 15.3. The van der Waals surface area contributed by atoms with Crippen molar-refractivity contribution in [2.24, 2.45) is 0 Å². The lowest BCUT2D eigenvalue weighted by atomic mass is 10.0. The summed E-state index contributed by atoms with van der Waals surface area (Å²) in [4.78, 5) is 0. The highest BCUT2D eigenvalue weighted by molar-refractivity contribution is 4.51. The molecule has 1 nitrogen and oxygen atoms in total. The largest absolute Gasteiger partial charge is 0.328 e. The van der Waals surface area contributed by atoms with Crippen molar-refractivity contribution in [2.45, 2.75) is 174 Å². The van der Waals surface area contributed by atoms with Gasteiger partial charge in [0.2, 0.25) is 0 Å². The number of hydrogen-bond donors (Lipinski definition) is 0. The summed E-state index contributed by atoms with van der Waals surface area (Å²) in [5, 5.41) is 0. The predicted molar refractivity (Wildman–Crippen MR) is 149 cm³/mol. The molecule has 0 saturated heterocycles. The molecule has 0 heterocycles. The van der Waals surface area contributed by atoms with E-state index in [1.807, 2.05) is 0 Å². The van der Waals surface area contributed by atoms with E-state index in [2.05, 4.69) is 27.9 Å². The molecule has 0 amide bonds. The molecule has 0 aromatic rings. The van der Waals surface area contributed by atoms with E-state index in [0.29, 0.717) is 0 Å². The molecule has 0 aliphatic heterocycles. The zero-order valence-electron chi connectivity index (χ0n) is 23.5. The summed E-state index contributed by atoms with van der Waals surface area (Å²) in [5.41, 5.74) is 0. The van der Waals surface area contributed by atoms with Crippen molar-refractivity contribution in [2.75, 3.05) is 27.2 Å². The van der Waals surface area contributed by atoms with E-state index < -0.39 is 0 Å². The third-order valence-electron chi connectivity index (χ3n) is 7.48. The first-order valence-corrected chi connectivity index (χ1v) is 15.4. The Hall–Kier alpha value is -0.0400. The Bertz CT molecular complexity index is 335. The molecule has 0 aliphatic rings. The minimum atomic E-state index is 1.25. The number of quaternary nitrogens is 1. The van der Waals surface area contributed by atoms with E-state index in [9.17, 15) is 0 Å². The van der Waals surface area contributed by atoms with Gasteiger partial charge in [-0.15, -0.1) is 0 Å². The summed E-state index contributed by atoms with van der Waals surface area (Å²) in [5.74, 6) is 0. The van der Waals surface area contributed by atoms with Crippen LogP contribution in [0.25, 0.3) is 0 Å². The maximum Gasteiger partial charge on any atom is 0.0782 e. The molecule has 32 heavy (non-hydrogen) atoms. The van der Waals surface area contributed by atoms with E-state index in [0.717, 1.165) is 0 Å². The lowest BCUT2D eigenvalue weighted by Gasteiger charge is -2.30. The van der Waals surface area contributed by atoms with Crippen LogP contribution in [0.4, 0.5) is 0 Å². The van der Waals surface area contributed by atoms with Crippen LogP contribution in [0.5, 0.6) is 0 Å². The molecule has 0 aliphatic carbocycles. The molecule has 194 valence electrons. The zero-order chi connectivity index (χ0) is 23.6. The van der Waals surface area contributed by atoms with Crippen LogP contribution in [-0.2, 0) is 0 Å². The second-order valence-electron chi connectivity index (χ2n) is 11.5. The highest BCUT2D eigenvalue weighted by Crippen LogP contribution is 2.15. The lowest BCUT2D eigenvalue weighted by molar-refractivity contribution is -0.890. The maximum atomic E-state index is 2.46. The summed E-state index contributed by atoms with van der Waals surface area (Å²) < 4.78 is 1.25. The number of nitrogens with zero attached hydrogens (tertiary/aromatic N) is 1. The molecular weight excluding hydrogens is 386 g/mol. The first kappa shape index (κ1) is 32.0. The Kier molecular flexibility index (Phi) is 25.5. The Morgan fingerprint density at radius 1 is 0.281 bits per heavy atom. The van der Waals surface area contributed by atoms with Crippen LogP contribution >= 0.6 is 0 Å². The Morgan fingerprint density at radius 3 is 0.688 bits per heavy atom. The second-order valence-corrected chi connectivity index (χ2v) is 11.5. The third-order valence-corrected chi connectivity index (χ3v) is 7.48. The SMILES string of the molecule is CCCCCCCCCCCCCCCCC[N+](C)(C)CCCCCCCCCCCC. The van der Waals surface area contributed by atoms with Crippen molar-refractivity contribution >= 4 is 0 Å². The van der Waals surface area contributed by atoms with Gasteiger partial charge in [0.25, 0.3) is 0 Å². The number of rotatable bonds is 27. The van der Waals surface area contributed by atoms with Gasteiger partial charge < -0.3 is 4.48 Å². The van der Waals surface area contributed by atoms with Gasteiger partial charge in [-0.1, -0.05) is 149 Å². The molecule has 0 bridgehead atoms. The van der Waals surface area contributed by atoms with E-state index >= 15 is 0 Å². The van der Waals surface area contributed by atoms with Gasteiger partial charge in [0.05, 0.1) is 27.2 Å². The Morgan fingerprint density at radius 2 is 0.469 bits per heavy atom. The fourth-order valence-corrected chi connectivity index (χ4v) is 5.05. The molecule has 0 rings (SSSR count). The van der Waals surface area contributed by atoms with Gasteiger partial charge in [-0.2, -0.15) is 0 Å². The van der Waals surface area contributed by atoms with Crippen LogP contribution in [-0.4, -0.2) is 31.7 Å². The summed E-state index contributed by atoms with van der Waals surface area (Å²) in [6, 6.07) is 0. The summed E-state index contributed by atoms with van der Waals surface area (Å²) in [7, 11) is 4.91. The predicted octanol–water partition coefficient (Wildman–Crippen LogP) is 10.9. The first-order chi connectivity index (χ1) is 15.6. The molecule has 0 aromatic carbocycles. The molecule has 0 atom stereocenters. The maximum absolute atomic E-state index is 2.46. The van der Waals surface area contributed by atoms with Gasteiger partial charge in [-0.05, 0) is 25.7 Å². The minimum Gasteiger partial charge on any atom is -0.328 e. The van der Waals surface area contributed by atoms with Crippen molar-refractivity contribution in [3.05, 3.63) is 0 Å². The Labute approximate surface area is 206 Å². The fraction of sp³-hybridized carbons (Fsp3) is 1.00. The van der Waals surface area contributed by atoms with Gasteiger partial charge in [0, 0.05) is 0 Å². The van der Waals surface area contributed by atoms with E-state index in [4.69, 9.17) is 0 Å². The third kappa shape index (κ3) is 26.2. The molecule has 0 unspecified atom stereocenters. The smallest absolute Gasteiger partial charge is 0.0782 e. The first-order valence-electron chi connectivity index (χ1n) is 15.4. The van der Waals surface area contributed by atoms with Crippen LogP contribution in [0, 0.1) is 0 Å². The number of unbranched alkanes of at least 4 members (excludes halogenated alkanes) is 23. The van der Waals surface area contributed by atoms with Crippen molar-refractivity contribution < 1.29 is 4.48 Å². The van der Waals surface area contributed by atoms with Crippen LogP contribution in [0.15, 0.2) is 0 Å². The average molecular weight is 453 g/mol. The van der Waals surface area contributed by atoms with Crippen LogP contribution < -0.4 is 0 Å². The normalized spacial score (nSPS) is 12.0. The monoisotopic (exact) mass is 453 g/mol. The van der Waals surface area contributed by atoms with Crippen molar-refractivity contribution in [1.29, 1.82) is 0 Å². The molecule has 0 saturated carbocycles. The second kappa shape index (κ2) is 25.6. The van der Waals surface area contributed by atoms with Gasteiger partial charge in [-0.25, -0.2) is 0 Å². The molecule has 0 N–H and O–H groups in total. The van der Waals surface area contributed by atoms with E-state index in [1.54, 1.807) is 0 Å². The molecule has 0 aromatic heterocycles.